The molecule has 0 bridgehead atoms. The first-order valence-electron chi connectivity index (χ1n) is 8.93. The first-order chi connectivity index (χ1) is 9.78. The molecule has 0 aromatic carbocycles. The van der Waals surface area contributed by atoms with E-state index in [1.54, 1.807) is 6.92 Å². The van der Waals surface area contributed by atoms with Gasteiger partial charge in [-0.05, 0) is 86.9 Å². The molecule has 3 aliphatic rings. The number of hydrogen-bond donors (Lipinski definition) is 0. The molecule has 118 valence electrons. The number of hydrogen-bond acceptors (Lipinski definition) is 1. The molecule has 6 atom stereocenters. The molecule has 0 spiro atoms. The minimum atomic E-state index is 0.368. The summed E-state index contributed by atoms with van der Waals surface area (Å²) in [5, 5.41) is 0. The molecule has 1 nitrogen and oxygen atoms in total. The van der Waals surface area contributed by atoms with Crippen LogP contribution in [0, 0.1) is 34.5 Å². The van der Waals surface area contributed by atoms with Crippen molar-refractivity contribution in [1.82, 2.24) is 0 Å². The van der Waals surface area contributed by atoms with Gasteiger partial charge < -0.3 is 4.79 Å². The van der Waals surface area contributed by atoms with Crippen molar-refractivity contribution in [2.45, 2.75) is 72.6 Å². The zero-order valence-electron chi connectivity index (χ0n) is 14.4. The highest BCUT2D eigenvalue weighted by atomic mass is 16.1. The Morgan fingerprint density at radius 3 is 2.48 bits per heavy atom. The summed E-state index contributed by atoms with van der Waals surface area (Å²) in [4.78, 5) is 11.3. The van der Waals surface area contributed by atoms with E-state index >= 15 is 0 Å². The first kappa shape index (κ1) is 15.3. The Kier molecular flexibility index (Phi) is 3.62. The lowest BCUT2D eigenvalue weighted by molar-refractivity contribution is -0.117. The summed E-state index contributed by atoms with van der Waals surface area (Å²) in [5.74, 6) is 3.71. The normalized spacial score (nSPS) is 48.2. The molecule has 1 heteroatoms. The molecule has 0 heterocycles. The van der Waals surface area contributed by atoms with Crippen molar-refractivity contribution in [1.29, 1.82) is 0 Å². The molecule has 3 aliphatic carbocycles. The van der Waals surface area contributed by atoms with Crippen LogP contribution in [0.25, 0.3) is 0 Å². The zero-order valence-corrected chi connectivity index (χ0v) is 14.4. The quantitative estimate of drug-likeness (QED) is 0.633. The second kappa shape index (κ2) is 4.96. The van der Waals surface area contributed by atoms with Gasteiger partial charge in [-0.25, -0.2) is 0 Å². The smallest absolute Gasteiger partial charge is 0.129 e. The predicted molar refractivity (Wildman–Crippen MR) is 88.0 cm³/mol. The Morgan fingerprint density at radius 2 is 1.86 bits per heavy atom. The number of allylic oxidation sites excluding steroid dienone is 1. The van der Waals surface area contributed by atoms with Gasteiger partial charge in [-0.3, -0.25) is 0 Å². The summed E-state index contributed by atoms with van der Waals surface area (Å²) >= 11 is 0. The average Bonchev–Trinajstić information content (AvgIpc) is 2.80. The molecule has 0 aromatic rings. The van der Waals surface area contributed by atoms with E-state index < -0.39 is 0 Å². The van der Waals surface area contributed by atoms with Crippen molar-refractivity contribution in [3.63, 3.8) is 0 Å². The fraction of sp³-hybridized carbons (Fsp3) is 0.850. The van der Waals surface area contributed by atoms with Gasteiger partial charge in [0.1, 0.15) is 5.78 Å². The Labute approximate surface area is 130 Å². The van der Waals surface area contributed by atoms with Gasteiger partial charge in [-0.2, -0.15) is 0 Å². The van der Waals surface area contributed by atoms with Crippen molar-refractivity contribution < 1.29 is 4.79 Å². The van der Waals surface area contributed by atoms with E-state index in [0.29, 0.717) is 16.6 Å². The van der Waals surface area contributed by atoms with Crippen molar-refractivity contribution in [3.8, 4) is 0 Å². The standard InChI is InChI=1S/C20H32O/c1-13(2)15-8-10-19(4)12-18-17(7-6-14(3)21)20(18,5)11-9-16(15)19/h15-18H,1,6-12H2,2-5H3/t15-,16+,17-,18-,19-,20-/m1/s1. The zero-order chi connectivity index (χ0) is 15.4. The Bertz CT molecular complexity index is 464. The maximum Gasteiger partial charge on any atom is 0.129 e. The van der Waals surface area contributed by atoms with Crippen LogP contribution in [0.5, 0.6) is 0 Å². The van der Waals surface area contributed by atoms with E-state index in [-0.39, 0.29) is 0 Å². The minimum absolute atomic E-state index is 0.368. The highest BCUT2D eigenvalue weighted by molar-refractivity contribution is 5.75. The van der Waals surface area contributed by atoms with E-state index in [2.05, 4.69) is 27.4 Å². The van der Waals surface area contributed by atoms with Crippen LogP contribution in [0.3, 0.4) is 0 Å². The van der Waals surface area contributed by atoms with Crippen molar-refractivity contribution in [2.24, 2.45) is 34.5 Å². The van der Waals surface area contributed by atoms with Crippen molar-refractivity contribution in [2.75, 3.05) is 0 Å². The number of ketones is 1. The van der Waals surface area contributed by atoms with E-state index in [9.17, 15) is 4.79 Å². The fourth-order valence-corrected chi connectivity index (χ4v) is 6.12. The summed E-state index contributed by atoms with van der Waals surface area (Å²) in [6.45, 7) is 13.3. The molecule has 0 N–H and O–H groups in total. The molecule has 3 fully saturated rings. The van der Waals surface area contributed by atoms with Crippen LogP contribution in [0.2, 0.25) is 0 Å². The molecule has 0 radical (unpaired) electrons. The summed E-state index contributed by atoms with van der Waals surface area (Å²) in [6.07, 6.45) is 8.86. The fourth-order valence-electron chi connectivity index (χ4n) is 6.12. The lowest BCUT2D eigenvalue weighted by Crippen LogP contribution is -2.26. The van der Waals surface area contributed by atoms with Gasteiger partial charge in [0, 0.05) is 6.42 Å². The SMILES string of the molecule is C=C(C)[C@H]1CC[C@]2(C)C[C@@H]3[C@@H](CCC(C)=O)[C@@]3(C)CC[C@@H]12. The summed E-state index contributed by atoms with van der Waals surface area (Å²) < 4.78 is 0. The highest BCUT2D eigenvalue weighted by Gasteiger charge is 2.64. The van der Waals surface area contributed by atoms with Crippen LogP contribution in [0.1, 0.15) is 72.6 Å². The third-order valence-corrected chi connectivity index (χ3v) is 7.60. The van der Waals surface area contributed by atoms with E-state index in [1.807, 2.05) is 0 Å². The number of Topliss-reactive ketones (excluding diaryl/α,β-unsaturated/α-hetero) is 1. The number of carbonyl (C=O) groups excluding carboxylic acids is 1. The van der Waals surface area contributed by atoms with Crippen LogP contribution in [0.4, 0.5) is 0 Å². The van der Waals surface area contributed by atoms with E-state index in [1.165, 1.54) is 37.7 Å². The molecular weight excluding hydrogens is 256 g/mol. The van der Waals surface area contributed by atoms with Crippen molar-refractivity contribution >= 4 is 5.78 Å². The molecule has 0 aromatic heterocycles. The van der Waals surface area contributed by atoms with Crippen LogP contribution < -0.4 is 0 Å². The van der Waals surface area contributed by atoms with Gasteiger partial charge in [-0.15, -0.1) is 0 Å². The number of fused-ring (bicyclic) bond motifs is 2. The molecule has 0 unspecified atom stereocenters. The molecule has 0 saturated heterocycles. The number of carbonyl (C=O) groups is 1. The monoisotopic (exact) mass is 288 g/mol. The molecule has 3 rings (SSSR count). The van der Waals surface area contributed by atoms with Gasteiger partial charge in [-0.1, -0.05) is 26.0 Å². The Balaban J connectivity index is 1.72. The molecule has 0 aliphatic heterocycles. The number of rotatable bonds is 4. The van der Waals surface area contributed by atoms with Gasteiger partial charge in [0.25, 0.3) is 0 Å². The van der Waals surface area contributed by atoms with Crippen LogP contribution >= 0.6 is 0 Å². The third-order valence-electron chi connectivity index (χ3n) is 7.60. The van der Waals surface area contributed by atoms with Crippen LogP contribution in [0.15, 0.2) is 12.2 Å². The second-order valence-corrected chi connectivity index (χ2v) is 8.95. The van der Waals surface area contributed by atoms with Crippen molar-refractivity contribution in [3.05, 3.63) is 12.2 Å². The first-order valence-corrected chi connectivity index (χ1v) is 8.93. The maximum absolute atomic E-state index is 11.3. The van der Waals surface area contributed by atoms with E-state index in [4.69, 9.17) is 0 Å². The molecule has 21 heavy (non-hydrogen) atoms. The Morgan fingerprint density at radius 1 is 1.14 bits per heavy atom. The van der Waals surface area contributed by atoms with Gasteiger partial charge in [0.15, 0.2) is 0 Å². The topological polar surface area (TPSA) is 17.1 Å². The molecule has 3 saturated carbocycles. The molecule has 0 amide bonds. The van der Waals surface area contributed by atoms with Crippen LogP contribution in [-0.4, -0.2) is 5.78 Å². The third kappa shape index (κ3) is 2.41. The van der Waals surface area contributed by atoms with Gasteiger partial charge in [0.2, 0.25) is 0 Å². The summed E-state index contributed by atoms with van der Waals surface area (Å²) in [5.41, 5.74) is 2.50. The largest absolute Gasteiger partial charge is 0.300 e. The Hall–Kier alpha value is -0.590. The molecular formula is C20H32O. The van der Waals surface area contributed by atoms with Gasteiger partial charge in [0.05, 0.1) is 0 Å². The maximum atomic E-state index is 11.3. The lowest BCUT2D eigenvalue weighted by Gasteiger charge is -2.34. The summed E-state index contributed by atoms with van der Waals surface area (Å²) in [7, 11) is 0. The highest BCUT2D eigenvalue weighted by Crippen LogP contribution is 2.72. The lowest BCUT2D eigenvalue weighted by atomic mass is 9.71. The van der Waals surface area contributed by atoms with E-state index in [0.717, 1.165) is 36.5 Å². The van der Waals surface area contributed by atoms with Gasteiger partial charge >= 0.3 is 0 Å². The minimum Gasteiger partial charge on any atom is -0.300 e. The summed E-state index contributed by atoms with van der Waals surface area (Å²) in [6, 6.07) is 0. The average molecular weight is 288 g/mol. The van der Waals surface area contributed by atoms with Crippen LogP contribution in [-0.2, 0) is 4.79 Å². The predicted octanol–water partition coefficient (Wildman–Crippen LogP) is 5.40. The second-order valence-electron chi connectivity index (χ2n) is 8.95.